The van der Waals surface area contributed by atoms with E-state index in [-0.39, 0.29) is 26.4 Å². The molecule has 1 aromatic heterocycles. The molecule has 0 bridgehead atoms. The maximum Gasteiger partial charge on any atom is 0.433 e. The van der Waals surface area contributed by atoms with Crippen molar-refractivity contribution in [2.45, 2.75) is 0 Å². The predicted octanol–water partition coefficient (Wildman–Crippen LogP) is 3.50. The molecular formula is C14H7N3O6S2. The fourth-order valence-electron chi connectivity index (χ4n) is 2.08. The molecule has 9 nitrogen and oxygen atoms in total. The molecule has 0 aliphatic carbocycles. The third kappa shape index (κ3) is 3.27. The predicted molar refractivity (Wildman–Crippen MR) is 94.1 cm³/mol. The summed E-state index contributed by atoms with van der Waals surface area (Å²) in [5.41, 5.74) is 0.0997. The molecule has 0 atom stereocenters. The van der Waals surface area contributed by atoms with Gasteiger partial charge in [0.2, 0.25) is 0 Å². The van der Waals surface area contributed by atoms with Crippen LogP contribution in [-0.4, -0.2) is 20.1 Å². The largest absolute Gasteiger partial charge is 0.433 e. The highest BCUT2D eigenvalue weighted by atomic mass is 32.2. The summed E-state index contributed by atoms with van der Waals surface area (Å²) in [5, 5.41) is 21.5. The first kappa shape index (κ1) is 16.8. The Kier molecular flexibility index (Phi) is 4.33. The Balaban J connectivity index is 1.92. The van der Waals surface area contributed by atoms with E-state index in [9.17, 15) is 25.0 Å². The van der Waals surface area contributed by atoms with Crippen LogP contribution in [0.5, 0.6) is 0 Å². The molecule has 0 spiro atoms. The zero-order chi connectivity index (χ0) is 18.1. The summed E-state index contributed by atoms with van der Waals surface area (Å²) in [6.45, 7) is 0. The molecule has 0 radical (unpaired) electrons. The highest BCUT2D eigenvalue weighted by Crippen LogP contribution is 2.37. The van der Waals surface area contributed by atoms with Crippen LogP contribution in [-0.2, 0) is 4.79 Å². The second-order valence-electron chi connectivity index (χ2n) is 4.73. The molecule has 1 aliphatic heterocycles. The summed E-state index contributed by atoms with van der Waals surface area (Å²) < 4.78 is 5.18. The Morgan fingerprint density at radius 2 is 1.92 bits per heavy atom. The van der Waals surface area contributed by atoms with Gasteiger partial charge in [-0.1, -0.05) is 30.0 Å². The number of carbonyl (C=O) groups excluding carboxylic acids is 1. The van der Waals surface area contributed by atoms with Crippen LogP contribution in [0.15, 0.2) is 45.7 Å². The zero-order valence-electron chi connectivity index (χ0n) is 12.1. The smallest absolute Gasteiger partial charge is 0.401 e. The van der Waals surface area contributed by atoms with Gasteiger partial charge in [0.25, 0.3) is 11.6 Å². The molecule has 2 aromatic rings. The SMILES string of the molecule is O=C1/C(=C\c2ccc([N+](=O)[O-])o2)SC(=S)N1c1cccc([N+](=O)[O-])c1. The van der Waals surface area contributed by atoms with Gasteiger partial charge < -0.3 is 4.42 Å². The minimum absolute atomic E-state index is 0.131. The van der Waals surface area contributed by atoms with Crippen molar-refractivity contribution in [3.8, 4) is 0 Å². The molecule has 1 fully saturated rings. The van der Waals surface area contributed by atoms with Gasteiger partial charge in [0.1, 0.15) is 10.7 Å². The lowest BCUT2D eigenvalue weighted by atomic mass is 10.2. The number of furan rings is 1. The number of rotatable bonds is 4. The Bertz CT molecular complexity index is 952. The van der Waals surface area contributed by atoms with Crippen molar-refractivity contribution in [1.29, 1.82) is 0 Å². The van der Waals surface area contributed by atoms with Crippen LogP contribution in [0.2, 0.25) is 0 Å². The third-order valence-corrected chi connectivity index (χ3v) is 4.46. The van der Waals surface area contributed by atoms with Crippen LogP contribution >= 0.6 is 24.0 Å². The van der Waals surface area contributed by atoms with Crippen molar-refractivity contribution in [3.63, 3.8) is 0 Å². The van der Waals surface area contributed by atoms with E-state index in [0.29, 0.717) is 0 Å². The van der Waals surface area contributed by atoms with Gasteiger partial charge in [-0.2, -0.15) is 0 Å². The van der Waals surface area contributed by atoms with Crippen LogP contribution in [0.25, 0.3) is 6.08 Å². The molecular weight excluding hydrogens is 370 g/mol. The van der Waals surface area contributed by atoms with E-state index >= 15 is 0 Å². The van der Waals surface area contributed by atoms with Crippen molar-refractivity contribution in [1.82, 2.24) is 0 Å². The van der Waals surface area contributed by atoms with Crippen molar-refractivity contribution in [3.05, 3.63) is 67.3 Å². The van der Waals surface area contributed by atoms with Crippen LogP contribution in [0.1, 0.15) is 5.76 Å². The second kappa shape index (κ2) is 6.45. The highest BCUT2D eigenvalue weighted by Gasteiger charge is 2.34. The number of thiocarbonyl (C=S) groups is 1. The van der Waals surface area contributed by atoms with Gasteiger partial charge >= 0.3 is 5.88 Å². The number of anilines is 1. The Hall–Kier alpha value is -3.05. The summed E-state index contributed by atoms with van der Waals surface area (Å²) in [6, 6.07) is 8.06. The normalized spacial score (nSPS) is 15.8. The van der Waals surface area contributed by atoms with Gasteiger partial charge in [0.05, 0.1) is 21.6 Å². The van der Waals surface area contributed by atoms with Crippen molar-refractivity contribution >= 4 is 57.5 Å². The zero-order valence-corrected chi connectivity index (χ0v) is 13.8. The molecule has 126 valence electrons. The molecule has 2 heterocycles. The highest BCUT2D eigenvalue weighted by molar-refractivity contribution is 8.27. The van der Waals surface area contributed by atoms with Crippen molar-refractivity contribution < 1.29 is 19.1 Å². The summed E-state index contributed by atoms with van der Waals surface area (Å²) in [5.74, 6) is -0.804. The minimum atomic E-state index is -0.689. The third-order valence-electron chi connectivity index (χ3n) is 3.16. The molecule has 1 saturated heterocycles. The van der Waals surface area contributed by atoms with Crippen molar-refractivity contribution in [2.24, 2.45) is 0 Å². The lowest BCUT2D eigenvalue weighted by Gasteiger charge is -2.13. The fraction of sp³-hybridized carbons (Fsp3) is 0. The van der Waals surface area contributed by atoms with Gasteiger partial charge in [-0.3, -0.25) is 29.9 Å². The molecule has 25 heavy (non-hydrogen) atoms. The van der Waals surface area contributed by atoms with Crippen LogP contribution < -0.4 is 4.90 Å². The average molecular weight is 377 g/mol. The minimum Gasteiger partial charge on any atom is -0.401 e. The lowest BCUT2D eigenvalue weighted by Crippen LogP contribution is -2.27. The van der Waals surface area contributed by atoms with E-state index in [0.717, 1.165) is 16.7 Å². The van der Waals surface area contributed by atoms with Gasteiger partial charge in [0.15, 0.2) is 4.32 Å². The Labute approximate surface area is 149 Å². The first-order chi connectivity index (χ1) is 11.9. The van der Waals surface area contributed by atoms with E-state index in [2.05, 4.69) is 0 Å². The van der Waals surface area contributed by atoms with Gasteiger partial charge in [-0.05, 0) is 12.1 Å². The van der Waals surface area contributed by atoms with Crippen LogP contribution in [0.3, 0.4) is 0 Å². The molecule has 11 heteroatoms. The Morgan fingerprint density at radius 1 is 1.16 bits per heavy atom. The number of thioether (sulfide) groups is 1. The molecule has 1 aliphatic rings. The topological polar surface area (TPSA) is 120 Å². The summed E-state index contributed by atoms with van der Waals surface area (Å²) in [7, 11) is 0. The van der Waals surface area contributed by atoms with E-state index in [4.69, 9.17) is 16.6 Å². The number of carbonyl (C=O) groups is 1. The quantitative estimate of drug-likeness (QED) is 0.344. The second-order valence-corrected chi connectivity index (χ2v) is 6.40. The maximum absolute atomic E-state index is 12.5. The Morgan fingerprint density at radius 3 is 2.56 bits per heavy atom. The van der Waals surface area contributed by atoms with Gasteiger partial charge in [-0.15, -0.1) is 0 Å². The molecule has 1 amide bonds. The number of amides is 1. The first-order valence-electron chi connectivity index (χ1n) is 6.63. The number of nitro benzene ring substituents is 1. The maximum atomic E-state index is 12.5. The molecule has 0 saturated carbocycles. The number of non-ortho nitro benzene ring substituents is 1. The van der Waals surface area contributed by atoms with E-state index in [1.54, 1.807) is 0 Å². The fourth-order valence-corrected chi connectivity index (χ4v) is 3.36. The number of hydrogen-bond acceptors (Lipinski definition) is 8. The lowest BCUT2D eigenvalue weighted by molar-refractivity contribution is -0.402. The van der Waals surface area contributed by atoms with Crippen LogP contribution in [0.4, 0.5) is 17.3 Å². The average Bonchev–Trinajstić information content (AvgIpc) is 3.13. The molecule has 1 aromatic carbocycles. The standard InChI is InChI=1S/C14H7N3O6S2/c18-13-11(7-10-4-5-12(23-10)17(21)22)25-14(24)15(13)8-2-1-3-9(6-8)16(19)20/h1-7H/b11-7+. The van der Waals surface area contributed by atoms with Crippen molar-refractivity contribution in [2.75, 3.05) is 4.90 Å². The monoisotopic (exact) mass is 377 g/mol. The number of nitro groups is 2. The molecule has 0 unspecified atom stereocenters. The number of hydrogen-bond donors (Lipinski definition) is 0. The van der Waals surface area contributed by atoms with Gasteiger partial charge in [-0.25, -0.2) is 0 Å². The van der Waals surface area contributed by atoms with E-state index < -0.39 is 21.6 Å². The first-order valence-corrected chi connectivity index (χ1v) is 7.86. The van der Waals surface area contributed by atoms with E-state index in [1.807, 2.05) is 0 Å². The number of nitrogens with zero attached hydrogens (tertiary/aromatic N) is 3. The number of benzene rings is 1. The van der Waals surface area contributed by atoms with Gasteiger partial charge in [0, 0.05) is 18.2 Å². The summed E-state index contributed by atoms with van der Waals surface area (Å²) in [6.07, 6.45) is 1.34. The van der Waals surface area contributed by atoms with Crippen LogP contribution in [0, 0.1) is 20.2 Å². The van der Waals surface area contributed by atoms with E-state index in [1.165, 1.54) is 42.5 Å². The molecule has 3 rings (SSSR count). The molecule has 0 N–H and O–H groups in total. The summed E-state index contributed by atoms with van der Waals surface area (Å²) >= 11 is 6.14. The summed E-state index contributed by atoms with van der Waals surface area (Å²) in [4.78, 5) is 34.2.